The van der Waals surface area contributed by atoms with Crippen LogP contribution in [0.1, 0.15) is 112 Å². The van der Waals surface area contributed by atoms with Crippen molar-refractivity contribution in [1.82, 2.24) is 78.3 Å². The van der Waals surface area contributed by atoms with Crippen LogP contribution in [0.4, 0.5) is 11.9 Å². The van der Waals surface area contributed by atoms with Gasteiger partial charge in [0.1, 0.15) is 34.9 Å². The Balaban J connectivity index is 0.000000136. The van der Waals surface area contributed by atoms with E-state index in [0.717, 1.165) is 72.4 Å². The summed E-state index contributed by atoms with van der Waals surface area (Å²) in [7, 11) is 1.64. The number of hydrogen-bond donors (Lipinski definition) is 6. The summed E-state index contributed by atoms with van der Waals surface area (Å²) in [5.74, 6) is 7.17. The molecule has 26 nitrogen and oxygen atoms in total. The van der Waals surface area contributed by atoms with Gasteiger partial charge < -0.3 is 29.6 Å². The summed E-state index contributed by atoms with van der Waals surface area (Å²) < 4.78 is 29.0. The average molecular weight is 1630 g/mol. The van der Waals surface area contributed by atoms with Gasteiger partial charge in [-0.15, -0.1) is 11.3 Å². The lowest BCUT2D eigenvalue weighted by atomic mass is 9.86. The molecule has 0 aliphatic heterocycles. The van der Waals surface area contributed by atoms with E-state index >= 15 is 0 Å². The van der Waals surface area contributed by atoms with Crippen LogP contribution in [0.5, 0.6) is 23.0 Å². The van der Waals surface area contributed by atoms with Crippen LogP contribution in [-0.4, -0.2) is 104 Å². The van der Waals surface area contributed by atoms with E-state index < -0.39 is 0 Å². The van der Waals surface area contributed by atoms with E-state index in [1.807, 2.05) is 160 Å². The standard InChI is InChI=1S/C24H27N5O2.C24H26N4O2S.C23H25N5O2.C17H14N4O2S2/c1-15-6-11-19(12-16(15)2)31-14-25-23-27-22(26-20-13-21(30)28-29(20)23)17-7-9-18(10-8-17)24(3,4)5;1-15-10-16(2)12-19(11-15)30-14-31-23-26-22(25-20-13-21(29)27-28(20)23)17-6-8-18(9-7-17)24(3,4)5;1-23(2,3)17-9-7-16(8-10-17)21-25-19-13-20(29)27-28(19)22(26-21)24-14-15-5-11-18(30-4)12-6-15;1-11-4-2-5-12(8-11)23-10-25-17-19-16(13-6-3-7-24-13)18-14-9-15(22)20-21(14)17/h6-13H,14H2,1-5H3,(H,28,30)(H,25,26,27);6-13H,14H2,1-5H3,(H,27,29);5-13H,14H2,1-4H3,(H,27,29)(H,24,25,26);2-9H,10H2,1H3,(H,20,22). The van der Waals surface area contributed by atoms with Crippen molar-refractivity contribution in [2.24, 2.45) is 0 Å². The van der Waals surface area contributed by atoms with Gasteiger partial charge in [0.05, 0.1) is 12.0 Å². The lowest BCUT2D eigenvalue weighted by Crippen LogP contribution is -2.15. The topological polar surface area (TPSA) is 313 Å². The van der Waals surface area contributed by atoms with E-state index in [-0.39, 0.29) is 45.2 Å². The number of ether oxygens (including phenoxy) is 4. The fourth-order valence-electron chi connectivity index (χ4n) is 12.2. The molecule has 117 heavy (non-hydrogen) atoms. The monoisotopic (exact) mass is 1620 g/mol. The van der Waals surface area contributed by atoms with Gasteiger partial charge in [0, 0.05) is 47.5 Å². The predicted molar refractivity (Wildman–Crippen MR) is 465 cm³/mol. The summed E-state index contributed by atoms with van der Waals surface area (Å²) in [6, 6.07) is 62.1. The zero-order chi connectivity index (χ0) is 82.9. The van der Waals surface area contributed by atoms with Gasteiger partial charge in [0.15, 0.2) is 62.9 Å². The maximum absolute atomic E-state index is 11.9. The Morgan fingerprint density at radius 1 is 0.385 bits per heavy atom. The van der Waals surface area contributed by atoms with Crippen LogP contribution in [0, 0.1) is 34.6 Å². The van der Waals surface area contributed by atoms with E-state index in [4.69, 9.17) is 23.9 Å². The van der Waals surface area contributed by atoms with Crippen LogP contribution in [0.2, 0.25) is 0 Å². The van der Waals surface area contributed by atoms with Gasteiger partial charge in [-0.05, 0) is 184 Å². The van der Waals surface area contributed by atoms with Crippen LogP contribution in [0.25, 0.3) is 67.5 Å². The zero-order valence-corrected chi connectivity index (χ0v) is 70.2. The molecule has 16 rings (SSSR count). The second kappa shape index (κ2) is 35.5. The molecule has 0 amide bonds. The third kappa shape index (κ3) is 21.0. The Kier molecular flexibility index (Phi) is 24.9. The molecule has 16 aromatic rings. The number of aromatic nitrogens is 16. The van der Waals surface area contributed by atoms with E-state index in [2.05, 4.69) is 178 Å². The number of nitrogens with zero attached hydrogens (tertiary/aromatic N) is 12. The van der Waals surface area contributed by atoms with Crippen molar-refractivity contribution in [3.63, 3.8) is 0 Å². The number of thiophene rings is 1. The Labute approximate surface area is 687 Å². The molecule has 0 fully saturated rings. The summed E-state index contributed by atoms with van der Waals surface area (Å²) >= 11 is 4.36. The largest absolute Gasteiger partial charge is 0.497 e. The van der Waals surface area contributed by atoms with E-state index in [1.165, 1.54) is 74.6 Å². The maximum Gasteiger partial charge on any atom is 0.266 e. The van der Waals surface area contributed by atoms with E-state index in [1.54, 1.807) is 32.0 Å². The van der Waals surface area contributed by atoms with E-state index in [0.29, 0.717) is 86.5 Å². The van der Waals surface area contributed by atoms with Crippen molar-refractivity contribution in [2.45, 2.75) is 130 Å². The smallest absolute Gasteiger partial charge is 0.266 e. The first-order valence-electron chi connectivity index (χ1n) is 37.7. The second-order valence-electron chi connectivity index (χ2n) is 31.0. The number of anilines is 2. The quantitative estimate of drug-likeness (QED) is 0.0305. The van der Waals surface area contributed by atoms with Gasteiger partial charge in [-0.1, -0.05) is 178 Å². The predicted octanol–water partition coefficient (Wildman–Crippen LogP) is 17.2. The highest BCUT2D eigenvalue weighted by atomic mass is 32.2. The molecule has 0 bridgehead atoms. The highest BCUT2D eigenvalue weighted by Gasteiger charge is 2.21. The van der Waals surface area contributed by atoms with Gasteiger partial charge >= 0.3 is 0 Å². The lowest BCUT2D eigenvalue weighted by Gasteiger charge is -2.19. The van der Waals surface area contributed by atoms with Crippen molar-refractivity contribution in [3.8, 4) is 67.9 Å². The third-order valence-electron chi connectivity index (χ3n) is 18.7. The molecule has 0 aliphatic rings. The number of fused-ring (bicyclic) bond motifs is 4. The van der Waals surface area contributed by atoms with Gasteiger partial charge in [-0.2, -0.15) is 9.97 Å². The first kappa shape index (κ1) is 82.1. The second-order valence-corrected chi connectivity index (χ2v) is 33.7. The first-order valence-corrected chi connectivity index (χ1v) is 40.6. The molecule has 0 aliphatic carbocycles. The number of benzene rings is 7. The van der Waals surface area contributed by atoms with Crippen LogP contribution in [0.15, 0.2) is 229 Å². The molecule has 0 atom stereocenters. The fourth-order valence-corrected chi connectivity index (χ4v) is 14.3. The van der Waals surface area contributed by atoms with Crippen molar-refractivity contribution in [2.75, 3.05) is 36.4 Å². The summed E-state index contributed by atoms with van der Waals surface area (Å²) in [5.41, 5.74) is 14.7. The first-order chi connectivity index (χ1) is 55.9. The Morgan fingerprint density at radius 2 is 0.803 bits per heavy atom. The molecule has 9 heterocycles. The van der Waals surface area contributed by atoms with Crippen molar-refractivity contribution >= 4 is 69.3 Å². The van der Waals surface area contributed by atoms with Gasteiger partial charge in [0.25, 0.3) is 22.2 Å². The number of rotatable bonds is 20. The van der Waals surface area contributed by atoms with Crippen LogP contribution < -0.4 is 51.8 Å². The Hall–Kier alpha value is -12.9. The van der Waals surface area contributed by atoms with Crippen LogP contribution in [-0.2, 0) is 22.8 Å². The fraction of sp³-hybridized carbons (Fsp3) is 0.250. The lowest BCUT2D eigenvalue weighted by molar-refractivity contribution is 0.345. The van der Waals surface area contributed by atoms with Gasteiger partial charge in [-0.25, -0.2) is 48.0 Å². The molecule has 600 valence electrons. The zero-order valence-electron chi connectivity index (χ0n) is 67.7. The molecule has 6 N–H and O–H groups in total. The van der Waals surface area contributed by atoms with Gasteiger partial charge in [-0.3, -0.25) is 39.6 Å². The summed E-state index contributed by atoms with van der Waals surface area (Å²) in [6.07, 6.45) is 0. The SMILES string of the molecule is COc1ccc(CNc2nc(-c3ccc(C(C)(C)C)cc3)nc3cc(=O)[nH]n23)cc1.Cc1cc(C)cc(OCSc2nc(-c3ccc(C(C)(C)C)cc3)nc3cc(=O)[nH]n23)c1.Cc1ccc(OCNc2nc(-c3ccc(C(C)(C)C)cc3)nc3cc(=O)[nH]n23)cc1C.Cc1cccc(OCSc2nc(-c3cccs3)nc3cc(=O)[nH]n23)c1. The molecule has 0 saturated heterocycles. The molecule has 0 unspecified atom stereocenters. The number of nitrogens with one attached hydrogen (secondary N) is 6. The minimum atomic E-state index is -0.243. The van der Waals surface area contributed by atoms with Crippen LogP contribution in [0.3, 0.4) is 0 Å². The summed E-state index contributed by atoms with van der Waals surface area (Å²) in [5, 5.41) is 20.6. The van der Waals surface area contributed by atoms with Crippen molar-refractivity contribution < 1.29 is 18.9 Å². The number of aryl methyl sites for hydroxylation is 5. The Bertz CT molecular complexity index is 6390. The number of thioether (sulfide) groups is 2. The summed E-state index contributed by atoms with van der Waals surface area (Å²) in [4.78, 5) is 85.1. The molecule has 9 aromatic heterocycles. The number of H-pyrrole nitrogens is 4. The molecule has 0 saturated carbocycles. The minimum Gasteiger partial charge on any atom is -0.497 e. The molecule has 0 radical (unpaired) electrons. The third-order valence-corrected chi connectivity index (χ3v) is 21.1. The van der Waals surface area contributed by atoms with Crippen molar-refractivity contribution in [1.29, 1.82) is 0 Å². The molecule has 7 aromatic carbocycles. The number of methoxy groups -OCH3 is 1. The maximum atomic E-state index is 11.9. The molecule has 0 spiro atoms. The molecular weight excluding hydrogens is 1530 g/mol. The average Bonchev–Trinajstić information content (AvgIpc) is 1.69. The van der Waals surface area contributed by atoms with Crippen molar-refractivity contribution in [3.05, 3.63) is 291 Å². The molecular formula is C88H92N18O8S3. The Morgan fingerprint density at radius 3 is 1.26 bits per heavy atom. The molecule has 29 heteroatoms. The summed E-state index contributed by atoms with van der Waals surface area (Å²) in [6.45, 7) is 30.6. The number of hydrogen-bond acceptors (Lipinski definition) is 21. The minimum absolute atomic E-state index is 0.0652. The van der Waals surface area contributed by atoms with E-state index in [9.17, 15) is 19.2 Å². The van der Waals surface area contributed by atoms with Gasteiger partial charge in [0.2, 0.25) is 11.9 Å². The van der Waals surface area contributed by atoms with Crippen LogP contribution >= 0.6 is 34.9 Å². The normalized spacial score (nSPS) is 11.5. The highest BCUT2D eigenvalue weighted by molar-refractivity contribution is 7.99. The highest BCUT2D eigenvalue weighted by Crippen LogP contribution is 2.32. The number of aromatic amines is 4.